The molecular weight excluding hydrogens is 566 g/mol. The van der Waals surface area contributed by atoms with Crippen molar-refractivity contribution in [2.45, 2.75) is 57.5 Å². The number of hydrogen-bond acceptors (Lipinski definition) is 9. The van der Waals surface area contributed by atoms with E-state index in [9.17, 15) is 33.9 Å². The minimum Gasteiger partial charge on any atom is -0.481 e. The number of esters is 1. The van der Waals surface area contributed by atoms with Crippen molar-refractivity contribution in [3.8, 4) is 0 Å². The molecule has 3 rings (SSSR count). The Labute approximate surface area is 247 Å². The zero-order chi connectivity index (χ0) is 30.6. The average Bonchev–Trinajstić information content (AvgIpc) is 3.45. The van der Waals surface area contributed by atoms with Gasteiger partial charge in [0.25, 0.3) is 5.78 Å². The van der Waals surface area contributed by atoms with E-state index in [1.54, 1.807) is 74.5 Å². The smallest absolute Gasteiger partial charge is 0.408 e. The highest BCUT2D eigenvalue weighted by molar-refractivity contribution is 7.99. The van der Waals surface area contributed by atoms with Crippen molar-refractivity contribution in [1.82, 2.24) is 15.5 Å². The third-order valence-electron chi connectivity index (χ3n) is 6.11. The number of carbonyl (C=O) groups excluding carboxylic acids is 5. The van der Waals surface area contributed by atoms with E-state index in [4.69, 9.17) is 9.47 Å². The van der Waals surface area contributed by atoms with Crippen molar-refractivity contribution in [2.24, 2.45) is 0 Å². The predicted octanol–water partition coefficient (Wildman–Crippen LogP) is 1.91. The van der Waals surface area contributed by atoms with E-state index in [0.717, 1.165) is 4.90 Å². The molecule has 0 aromatic heterocycles. The third kappa shape index (κ3) is 9.61. The number of rotatable bonds is 13. The van der Waals surface area contributed by atoms with E-state index >= 15 is 0 Å². The van der Waals surface area contributed by atoms with Crippen molar-refractivity contribution in [1.29, 1.82) is 0 Å². The number of carboxylic acid groups (broad SMARTS) is 1. The molecule has 3 amide bonds. The van der Waals surface area contributed by atoms with Crippen molar-refractivity contribution in [3.05, 3.63) is 71.8 Å². The van der Waals surface area contributed by atoms with Crippen LogP contribution < -0.4 is 10.6 Å². The summed E-state index contributed by atoms with van der Waals surface area (Å²) in [4.78, 5) is 77.2. The first kappa shape index (κ1) is 32.1. The van der Waals surface area contributed by atoms with E-state index < -0.39 is 66.3 Å². The Balaban J connectivity index is 1.72. The molecule has 0 aliphatic carbocycles. The number of Topliss-reactive ketones (excluding diaryl/α,β-unsaturated/α-hetero) is 1. The van der Waals surface area contributed by atoms with Crippen LogP contribution in [-0.2, 0) is 46.5 Å². The topological polar surface area (TPSA) is 168 Å². The molecule has 1 saturated heterocycles. The number of carbonyl (C=O) groups is 6. The molecule has 3 atom stereocenters. The van der Waals surface area contributed by atoms with Crippen LogP contribution in [0.4, 0.5) is 4.79 Å². The summed E-state index contributed by atoms with van der Waals surface area (Å²) in [7, 11) is 0. The SMILES string of the molecule is CC(C)OC(=O)C(=O)C(Cc1ccccc1)NC(=O)C1CSCN1C(=O)C(CC(=O)O)NC(=O)OCc1ccccc1. The summed E-state index contributed by atoms with van der Waals surface area (Å²) in [6.45, 7) is 3.09. The van der Waals surface area contributed by atoms with Gasteiger partial charge in [-0.15, -0.1) is 11.8 Å². The van der Waals surface area contributed by atoms with Crippen molar-refractivity contribution < 1.29 is 43.3 Å². The van der Waals surface area contributed by atoms with E-state index in [1.165, 1.54) is 11.8 Å². The molecule has 0 spiro atoms. The first-order valence-corrected chi connectivity index (χ1v) is 14.4. The number of benzene rings is 2. The Hall–Kier alpha value is -4.39. The summed E-state index contributed by atoms with van der Waals surface area (Å²) in [5, 5.41) is 14.2. The molecular formula is C29H33N3O9S. The zero-order valence-electron chi connectivity index (χ0n) is 23.2. The van der Waals surface area contributed by atoms with Crippen molar-refractivity contribution >= 4 is 47.4 Å². The van der Waals surface area contributed by atoms with Crippen LogP contribution >= 0.6 is 11.8 Å². The van der Waals surface area contributed by atoms with E-state index in [-0.39, 0.29) is 24.7 Å². The largest absolute Gasteiger partial charge is 0.481 e. The molecule has 0 saturated carbocycles. The Morgan fingerprint density at radius 1 is 0.929 bits per heavy atom. The van der Waals surface area contributed by atoms with Crippen LogP contribution in [-0.4, -0.2) is 81.5 Å². The first-order valence-electron chi connectivity index (χ1n) is 13.2. The quantitative estimate of drug-likeness (QED) is 0.228. The minimum absolute atomic E-state index is 0.00284. The molecule has 1 aliphatic rings. The number of nitrogens with zero attached hydrogens (tertiary/aromatic N) is 1. The number of aliphatic carboxylic acids is 1. The summed E-state index contributed by atoms with van der Waals surface area (Å²) in [5.74, 6) is -4.71. The lowest BCUT2D eigenvalue weighted by Crippen LogP contribution is -2.57. The number of carboxylic acids is 1. The summed E-state index contributed by atoms with van der Waals surface area (Å²) in [6.07, 6.45) is -2.29. The maximum absolute atomic E-state index is 13.4. The van der Waals surface area contributed by atoms with Gasteiger partial charge in [-0.3, -0.25) is 19.2 Å². The van der Waals surface area contributed by atoms with Crippen LogP contribution in [0.3, 0.4) is 0 Å². The Kier molecular flexibility index (Phi) is 11.9. The lowest BCUT2D eigenvalue weighted by atomic mass is 10.0. The monoisotopic (exact) mass is 599 g/mol. The molecule has 2 aromatic carbocycles. The maximum Gasteiger partial charge on any atom is 0.408 e. The second kappa shape index (κ2) is 15.6. The van der Waals surface area contributed by atoms with Crippen LogP contribution in [0.5, 0.6) is 0 Å². The van der Waals surface area contributed by atoms with Gasteiger partial charge < -0.3 is 30.1 Å². The highest BCUT2D eigenvalue weighted by Gasteiger charge is 2.40. The van der Waals surface area contributed by atoms with Crippen LogP contribution in [0.15, 0.2) is 60.7 Å². The number of alkyl carbamates (subject to hydrolysis) is 1. The normalized spacial score (nSPS) is 15.8. The maximum atomic E-state index is 13.4. The molecule has 3 N–H and O–H groups in total. The van der Waals surface area contributed by atoms with Gasteiger partial charge in [-0.2, -0.15) is 0 Å². The highest BCUT2D eigenvalue weighted by Crippen LogP contribution is 2.23. The number of hydrogen-bond donors (Lipinski definition) is 3. The molecule has 1 heterocycles. The van der Waals surface area contributed by atoms with Crippen LogP contribution in [0.25, 0.3) is 0 Å². The molecule has 12 nitrogen and oxygen atoms in total. The number of amides is 3. The number of nitrogens with one attached hydrogen (secondary N) is 2. The van der Waals surface area contributed by atoms with Crippen molar-refractivity contribution in [3.63, 3.8) is 0 Å². The Morgan fingerprint density at radius 3 is 2.14 bits per heavy atom. The number of ether oxygens (including phenoxy) is 2. The number of ketones is 1. The second-order valence-corrected chi connectivity index (χ2v) is 10.7. The molecule has 3 unspecified atom stereocenters. The molecule has 224 valence electrons. The van der Waals surface area contributed by atoms with Crippen LogP contribution in [0, 0.1) is 0 Å². The zero-order valence-corrected chi connectivity index (χ0v) is 24.0. The fourth-order valence-electron chi connectivity index (χ4n) is 4.10. The van der Waals surface area contributed by atoms with Gasteiger partial charge in [0.2, 0.25) is 11.8 Å². The van der Waals surface area contributed by atoms with Gasteiger partial charge in [-0.1, -0.05) is 60.7 Å². The molecule has 1 aliphatic heterocycles. The van der Waals surface area contributed by atoms with E-state index in [0.29, 0.717) is 11.1 Å². The summed E-state index contributed by atoms with van der Waals surface area (Å²) < 4.78 is 10.2. The summed E-state index contributed by atoms with van der Waals surface area (Å²) >= 11 is 1.24. The lowest BCUT2D eigenvalue weighted by molar-refractivity contribution is -0.158. The summed E-state index contributed by atoms with van der Waals surface area (Å²) in [6, 6.07) is 13.7. The fourth-order valence-corrected chi connectivity index (χ4v) is 5.26. The van der Waals surface area contributed by atoms with Crippen molar-refractivity contribution in [2.75, 3.05) is 11.6 Å². The molecule has 0 radical (unpaired) electrons. The standard InChI is InChI=1S/C29H33N3O9S/c1-18(2)41-28(38)25(35)21(13-19-9-5-3-6-10-19)30-26(36)23-16-42-17-32(23)27(37)22(14-24(33)34)31-29(39)40-15-20-11-7-4-8-12-20/h3-12,18,21-23H,13-17H2,1-2H3,(H,30,36)(H,31,39)(H,33,34). The Morgan fingerprint density at radius 2 is 1.55 bits per heavy atom. The average molecular weight is 600 g/mol. The fraction of sp³-hybridized carbons (Fsp3) is 0.379. The molecule has 1 fully saturated rings. The van der Waals surface area contributed by atoms with Gasteiger partial charge in [-0.25, -0.2) is 9.59 Å². The molecule has 0 bridgehead atoms. The lowest BCUT2D eigenvalue weighted by Gasteiger charge is -2.28. The van der Waals surface area contributed by atoms with Gasteiger partial charge >= 0.3 is 18.0 Å². The van der Waals surface area contributed by atoms with Gasteiger partial charge in [-0.05, 0) is 25.0 Å². The van der Waals surface area contributed by atoms with Gasteiger partial charge in [0.05, 0.1) is 18.4 Å². The molecule has 2 aromatic rings. The van der Waals surface area contributed by atoms with E-state index in [2.05, 4.69) is 10.6 Å². The first-order chi connectivity index (χ1) is 20.0. The summed E-state index contributed by atoms with van der Waals surface area (Å²) in [5.41, 5.74) is 1.38. The molecule has 42 heavy (non-hydrogen) atoms. The third-order valence-corrected chi connectivity index (χ3v) is 7.12. The minimum atomic E-state index is -1.51. The second-order valence-electron chi connectivity index (χ2n) is 9.75. The molecule has 13 heteroatoms. The predicted molar refractivity (Wildman–Crippen MR) is 152 cm³/mol. The van der Waals surface area contributed by atoms with Crippen LogP contribution in [0.2, 0.25) is 0 Å². The van der Waals surface area contributed by atoms with E-state index in [1.807, 2.05) is 0 Å². The van der Waals surface area contributed by atoms with Gasteiger partial charge in [0, 0.05) is 12.2 Å². The van der Waals surface area contributed by atoms with Crippen LogP contribution in [0.1, 0.15) is 31.4 Å². The number of thioether (sulfide) groups is 1. The Bertz CT molecular complexity index is 1270. The van der Waals surface area contributed by atoms with Gasteiger partial charge in [0.1, 0.15) is 24.7 Å². The highest BCUT2D eigenvalue weighted by atomic mass is 32.2. The van der Waals surface area contributed by atoms with Gasteiger partial charge in [0.15, 0.2) is 0 Å².